The van der Waals surface area contributed by atoms with Crippen LogP contribution in [-0.2, 0) is 11.3 Å². The van der Waals surface area contributed by atoms with Gasteiger partial charge in [-0.1, -0.05) is 19.1 Å². The van der Waals surface area contributed by atoms with Gasteiger partial charge in [-0.15, -0.1) is 11.3 Å². The van der Waals surface area contributed by atoms with E-state index in [1.165, 1.54) is 10.9 Å². The number of hydrogen-bond donors (Lipinski definition) is 1. The number of hydrogen-bond acceptors (Lipinski definition) is 6. The summed E-state index contributed by atoms with van der Waals surface area (Å²) in [5.74, 6) is -0.927. The molecule has 0 saturated heterocycles. The predicted molar refractivity (Wildman–Crippen MR) is 103 cm³/mol. The minimum atomic E-state index is -0.563. The van der Waals surface area contributed by atoms with E-state index < -0.39 is 5.91 Å². The van der Waals surface area contributed by atoms with E-state index in [0.717, 1.165) is 23.3 Å². The van der Waals surface area contributed by atoms with Crippen LogP contribution in [0.3, 0.4) is 0 Å². The Morgan fingerprint density at radius 3 is 2.59 bits per heavy atom. The summed E-state index contributed by atoms with van der Waals surface area (Å²) in [6.07, 6.45) is 2.22. The molecule has 0 aliphatic heterocycles. The molecule has 0 unspecified atom stereocenters. The molecule has 0 saturated carbocycles. The number of nitrogens with two attached hydrogens (primary N) is 1. The maximum atomic E-state index is 12.8. The molecule has 140 valence electrons. The minimum Gasteiger partial charge on any atom is -0.462 e. The number of primary amides is 1. The molecule has 2 heterocycles. The lowest BCUT2D eigenvalue weighted by Crippen LogP contribution is -2.21. The Labute approximate surface area is 159 Å². The molecule has 3 aromatic rings. The molecule has 0 atom stereocenters. The van der Waals surface area contributed by atoms with Crippen molar-refractivity contribution in [2.45, 2.75) is 26.8 Å². The zero-order valence-electron chi connectivity index (χ0n) is 15.0. The van der Waals surface area contributed by atoms with Crippen LogP contribution in [0.15, 0.2) is 35.4 Å². The smallest absolute Gasteiger partial charge is 0.338 e. The van der Waals surface area contributed by atoms with Gasteiger partial charge in [0.15, 0.2) is 0 Å². The third-order valence-electron chi connectivity index (χ3n) is 4.12. The van der Waals surface area contributed by atoms with Gasteiger partial charge in [0.2, 0.25) is 0 Å². The van der Waals surface area contributed by atoms with Crippen molar-refractivity contribution in [1.29, 1.82) is 0 Å². The Kier molecular flexibility index (Phi) is 5.36. The highest BCUT2D eigenvalue weighted by atomic mass is 32.1. The molecular formula is C19H19N3O4S. The molecule has 8 heteroatoms. The van der Waals surface area contributed by atoms with Gasteiger partial charge < -0.3 is 10.5 Å². The highest BCUT2D eigenvalue weighted by molar-refractivity contribution is 7.20. The van der Waals surface area contributed by atoms with Crippen molar-refractivity contribution in [3.63, 3.8) is 0 Å². The van der Waals surface area contributed by atoms with Crippen molar-refractivity contribution in [2.24, 2.45) is 5.73 Å². The van der Waals surface area contributed by atoms with Crippen LogP contribution < -0.4 is 11.3 Å². The number of carbonyl (C=O) groups is 2. The summed E-state index contributed by atoms with van der Waals surface area (Å²) in [5.41, 5.74) is 6.99. The van der Waals surface area contributed by atoms with Crippen molar-refractivity contribution in [3.8, 4) is 0 Å². The molecule has 1 amide bonds. The van der Waals surface area contributed by atoms with E-state index >= 15 is 0 Å². The number of nitrogens with zero attached hydrogens (tertiary/aromatic N) is 2. The number of thiophene rings is 1. The average molecular weight is 385 g/mol. The van der Waals surface area contributed by atoms with Gasteiger partial charge in [-0.3, -0.25) is 14.2 Å². The van der Waals surface area contributed by atoms with Gasteiger partial charge in [0.25, 0.3) is 11.5 Å². The SMILES string of the molecule is CCCOC(=O)c1ccc(Cn2cnc3sc(C(N)=O)c(C)c3c2=O)cc1. The summed E-state index contributed by atoms with van der Waals surface area (Å²) in [6.45, 7) is 4.31. The van der Waals surface area contributed by atoms with E-state index in [0.29, 0.717) is 39.4 Å². The van der Waals surface area contributed by atoms with Crippen molar-refractivity contribution in [2.75, 3.05) is 6.61 Å². The molecule has 7 nitrogen and oxygen atoms in total. The molecule has 2 N–H and O–H groups in total. The van der Waals surface area contributed by atoms with Crippen LogP contribution in [-0.4, -0.2) is 28.0 Å². The summed E-state index contributed by atoms with van der Waals surface area (Å²) >= 11 is 1.12. The first-order valence-electron chi connectivity index (χ1n) is 8.46. The fraction of sp³-hybridized carbons (Fsp3) is 0.263. The number of aryl methyl sites for hydroxylation is 1. The zero-order valence-corrected chi connectivity index (χ0v) is 15.8. The van der Waals surface area contributed by atoms with Gasteiger partial charge in [0.05, 0.1) is 35.3 Å². The normalized spacial score (nSPS) is 10.9. The van der Waals surface area contributed by atoms with E-state index in [1.807, 2.05) is 6.92 Å². The average Bonchev–Trinajstić information content (AvgIpc) is 3.00. The van der Waals surface area contributed by atoms with Crippen molar-refractivity contribution < 1.29 is 14.3 Å². The molecule has 0 radical (unpaired) electrons. The fourth-order valence-electron chi connectivity index (χ4n) is 2.73. The van der Waals surface area contributed by atoms with Gasteiger partial charge in [0.1, 0.15) is 4.83 Å². The van der Waals surface area contributed by atoms with Gasteiger partial charge in [-0.2, -0.15) is 0 Å². The van der Waals surface area contributed by atoms with E-state index in [2.05, 4.69) is 4.98 Å². The van der Waals surface area contributed by atoms with E-state index in [-0.39, 0.29) is 11.5 Å². The molecule has 27 heavy (non-hydrogen) atoms. The lowest BCUT2D eigenvalue weighted by molar-refractivity contribution is 0.0505. The first kappa shape index (κ1) is 18.8. The summed E-state index contributed by atoms with van der Waals surface area (Å²) < 4.78 is 6.57. The molecule has 2 aromatic heterocycles. The second-order valence-corrected chi connectivity index (χ2v) is 7.11. The maximum Gasteiger partial charge on any atom is 0.338 e. The number of esters is 1. The molecule has 0 bridgehead atoms. The van der Waals surface area contributed by atoms with Crippen molar-refractivity contribution in [3.05, 3.63) is 62.5 Å². The Hall–Kier alpha value is -3.00. The number of carbonyl (C=O) groups excluding carboxylic acids is 2. The topological polar surface area (TPSA) is 104 Å². The van der Waals surface area contributed by atoms with Crippen LogP contribution in [0.25, 0.3) is 10.2 Å². The first-order valence-corrected chi connectivity index (χ1v) is 9.28. The van der Waals surface area contributed by atoms with E-state index in [1.54, 1.807) is 31.2 Å². The van der Waals surface area contributed by atoms with Crippen LogP contribution in [0.4, 0.5) is 0 Å². The second kappa shape index (κ2) is 7.71. The van der Waals surface area contributed by atoms with E-state index in [4.69, 9.17) is 10.5 Å². The van der Waals surface area contributed by atoms with Crippen LogP contribution in [0.2, 0.25) is 0 Å². The van der Waals surface area contributed by atoms with Crippen molar-refractivity contribution >= 4 is 33.4 Å². The standard InChI is InChI=1S/C19H19N3O4S/c1-3-8-26-19(25)13-6-4-12(5-7-13)9-22-10-21-17-14(18(22)24)11(2)15(27-17)16(20)23/h4-7,10H,3,8-9H2,1-2H3,(H2,20,23). The number of ether oxygens (including phenoxy) is 1. The van der Waals surface area contributed by atoms with Crippen LogP contribution in [0, 0.1) is 6.92 Å². The van der Waals surface area contributed by atoms with Gasteiger partial charge >= 0.3 is 5.97 Å². The third kappa shape index (κ3) is 3.75. The monoisotopic (exact) mass is 385 g/mol. The van der Waals surface area contributed by atoms with Gasteiger partial charge in [-0.05, 0) is 36.6 Å². The number of aromatic nitrogens is 2. The quantitative estimate of drug-likeness (QED) is 0.657. The highest BCUT2D eigenvalue weighted by Crippen LogP contribution is 2.26. The van der Waals surface area contributed by atoms with Crippen LogP contribution >= 0.6 is 11.3 Å². The highest BCUT2D eigenvalue weighted by Gasteiger charge is 2.17. The molecule has 0 aliphatic carbocycles. The van der Waals surface area contributed by atoms with Gasteiger partial charge in [-0.25, -0.2) is 9.78 Å². The number of rotatable bonds is 6. The predicted octanol–water partition coefficient (Wildman–Crippen LogP) is 2.48. The molecule has 0 spiro atoms. The summed E-state index contributed by atoms with van der Waals surface area (Å²) in [7, 11) is 0. The van der Waals surface area contributed by atoms with Crippen LogP contribution in [0.1, 0.15) is 44.5 Å². The summed E-state index contributed by atoms with van der Waals surface area (Å²) in [6, 6.07) is 6.89. The Morgan fingerprint density at radius 2 is 1.96 bits per heavy atom. The molecule has 3 rings (SSSR count). The minimum absolute atomic E-state index is 0.229. The largest absolute Gasteiger partial charge is 0.462 e. The first-order chi connectivity index (χ1) is 12.9. The van der Waals surface area contributed by atoms with Crippen molar-refractivity contribution in [1.82, 2.24) is 9.55 Å². The lowest BCUT2D eigenvalue weighted by Gasteiger charge is -2.07. The van der Waals surface area contributed by atoms with E-state index in [9.17, 15) is 14.4 Å². The second-order valence-electron chi connectivity index (χ2n) is 6.11. The molecule has 0 fully saturated rings. The Bertz CT molecular complexity index is 1070. The van der Waals surface area contributed by atoms with Gasteiger partial charge in [0, 0.05) is 0 Å². The molecule has 0 aliphatic rings. The Balaban J connectivity index is 1.87. The van der Waals surface area contributed by atoms with Crippen LogP contribution in [0.5, 0.6) is 0 Å². The summed E-state index contributed by atoms with van der Waals surface area (Å²) in [5, 5.41) is 0.413. The molecular weight excluding hydrogens is 366 g/mol. The number of fused-ring (bicyclic) bond motifs is 1. The molecule has 1 aromatic carbocycles. The maximum absolute atomic E-state index is 12.8. The number of amides is 1. The zero-order chi connectivity index (χ0) is 19.6. The Morgan fingerprint density at radius 1 is 1.26 bits per heavy atom. The lowest BCUT2D eigenvalue weighted by atomic mass is 10.1. The fourth-order valence-corrected chi connectivity index (χ4v) is 3.72. The summed E-state index contributed by atoms with van der Waals surface area (Å²) in [4.78, 5) is 41.2. The number of benzene rings is 1. The third-order valence-corrected chi connectivity index (χ3v) is 5.34.